The predicted molar refractivity (Wildman–Crippen MR) is 406 cm³/mol. The van der Waals surface area contributed by atoms with Crippen LogP contribution in [0.3, 0.4) is 0 Å². The number of rotatable bonds is 46. The van der Waals surface area contributed by atoms with Gasteiger partial charge >= 0.3 is 30.2 Å². The number of Topliss-reactive ketones (excluding diaryl/α,β-unsaturated/α-hetero) is 1. The summed E-state index contributed by atoms with van der Waals surface area (Å²) in [4.78, 5) is 159. The number of amides is 9. The number of hydrogen-bond acceptors (Lipinski definition) is 23. The molecule has 35 heteroatoms. The van der Waals surface area contributed by atoms with Gasteiger partial charge in [0.1, 0.15) is 43.0 Å². The number of carbonyl (C=O) groups excluding carboxylic acids is 11. The van der Waals surface area contributed by atoms with Gasteiger partial charge in [0.25, 0.3) is 0 Å². The summed E-state index contributed by atoms with van der Waals surface area (Å²) in [5.74, 6) is -2.63. The molecule has 6 aliphatic carbocycles. The van der Waals surface area contributed by atoms with Crippen molar-refractivity contribution >= 4 is 76.9 Å². The molecule has 1 aromatic rings. The van der Waals surface area contributed by atoms with Crippen LogP contribution in [0.4, 0.5) is 28.9 Å². The zero-order chi connectivity index (χ0) is 83.8. The summed E-state index contributed by atoms with van der Waals surface area (Å²) in [5, 5.41) is 52.2. The Morgan fingerprint density at radius 3 is 1.97 bits per heavy atom. The van der Waals surface area contributed by atoms with E-state index in [1.165, 1.54) is 43.3 Å². The molecule has 13 N–H and O–H groups in total. The van der Waals surface area contributed by atoms with Crippen molar-refractivity contribution in [1.82, 2.24) is 37.2 Å². The molecule has 3 unspecified atom stereocenters. The first kappa shape index (κ1) is 91.8. The smallest absolute Gasteiger partial charge is 0.408 e. The molecule has 7 aliphatic rings. The number of aliphatic carboxylic acids is 1. The molecular formula is C80H115F2N9O24. The van der Waals surface area contributed by atoms with Crippen molar-refractivity contribution in [2.45, 2.75) is 218 Å². The van der Waals surface area contributed by atoms with Crippen LogP contribution in [-0.2, 0) is 92.4 Å². The van der Waals surface area contributed by atoms with E-state index in [2.05, 4.69) is 54.4 Å². The van der Waals surface area contributed by atoms with Gasteiger partial charge in [-0.25, -0.2) is 28.0 Å². The van der Waals surface area contributed by atoms with E-state index < -0.39 is 199 Å². The van der Waals surface area contributed by atoms with Gasteiger partial charge in [-0.15, -0.1) is 11.8 Å². The molecule has 0 radical (unpaired) electrons. The number of alkyl halides is 2. The highest BCUT2D eigenvalue weighted by Gasteiger charge is 2.80. The zero-order valence-corrected chi connectivity index (χ0v) is 66.5. The quantitative estimate of drug-likeness (QED) is 0.0189. The van der Waals surface area contributed by atoms with Crippen LogP contribution in [0.5, 0.6) is 0 Å². The number of aliphatic hydroxyl groups is 2. The van der Waals surface area contributed by atoms with Crippen molar-refractivity contribution in [1.29, 1.82) is 0 Å². The van der Waals surface area contributed by atoms with Gasteiger partial charge in [0.05, 0.1) is 78.3 Å². The van der Waals surface area contributed by atoms with Crippen LogP contribution in [0, 0.1) is 64.1 Å². The number of urea groups is 1. The highest BCUT2D eigenvalue weighted by Crippen LogP contribution is 2.72. The fourth-order valence-electron chi connectivity index (χ4n) is 16.9. The first-order valence-corrected chi connectivity index (χ1v) is 39.9. The minimum absolute atomic E-state index is 0.00618. The van der Waals surface area contributed by atoms with Gasteiger partial charge in [0, 0.05) is 61.2 Å². The van der Waals surface area contributed by atoms with Gasteiger partial charge in [-0.05, 0) is 142 Å². The van der Waals surface area contributed by atoms with Crippen molar-refractivity contribution in [3.8, 4) is 11.8 Å². The van der Waals surface area contributed by atoms with Gasteiger partial charge in [0.15, 0.2) is 29.9 Å². The van der Waals surface area contributed by atoms with Crippen molar-refractivity contribution in [2.75, 3.05) is 91.1 Å². The maximum absolute atomic E-state index is 18.1. The predicted octanol–water partition coefficient (Wildman–Crippen LogP) is 4.11. The van der Waals surface area contributed by atoms with Crippen molar-refractivity contribution in [3.05, 3.63) is 53.6 Å². The first-order chi connectivity index (χ1) is 54.8. The fourth-order valence-corrected chi connectivity index (χ4v) is 16.9. The summed E-state index contributed by atoms with van der Waals surface area (Å²) in [6.45, 7) is 11.7. The summed E-state index contributed by atoms with van der Waals surface area (Å²) in [6.07, 6.45) is -0.441. The second kappa shape index (κ2) is 42.9. The molecule has 5 fully saturated rings. The third-order valence-electron chi connectivity index (χ3n) is 22.9. The van der Waals surface area contributed by atoms with Crippen LogP contribution in [0.1, 0.15) is 150 Å². The molecule has 0 spiro atoms. The van der Waals surface area contributed by atoms with Crippen molar-refractivity contribution < 1.29 is 124 Å². The van der Waals surface area contributed by atoms with Crippen molar-refractivity contribution in [2.24, 2.45) is 58.0 Å². The number of benzene rings is 1. The number of aliphatic hydroxyl groups excluding tert-OH is 2. The summed E-state index contributed by atoms with van der Waals surface area (Å²) in [5.41, 5.74) is -1.70. The number of carboxylic acid groups (broad SMARTS) is 1. The number of esters is 1. The molecule has 1 saturated heterocycles. The van der Waals surface area contributed by atoms with Gasteiger partial charge in [-0.2, -0.15) is 0 Å². The maximum Gasteiger partial charge on any atom is 0.408 e. The second-order valence-electron chi connectivity index (χ2n) is 31.6. The number of fused-ring (bicyclic) bond motifs is 8. The lowest BCUT2D eigenvalue weighted by atomic mass is 9.44. The number of carbonyl (C=O) groups is 12. The van der Waals surface area contributed by atoms with E-state index in [0.717, 1.165) is 31.8 Å². The van der Waals surface area contributed by atoms with Crippen LogP contribution in [0.15, 0.2) is 48.1 Å². The number of allylic oxidation sites excluding steroid dienone is 4. The van der Waals surface area contributed by atoms with Crippen LogP contribution in [0.2, 0.25) is 0 Å². The molecule has 33 nitrogen and oxygen atoms in total. The summed E-state index contributed by atoms with van der Waals surface area (Å²) < 4.78 is 85.8. The molecule has 4 saturated carbocycles. The Morgan fingerprint density at radius 2 is 1.35 bits per heavy atom. The summed E-state index contributed by atoms with van der Waals surface area (Å²) in [7, 11) is 0. The highest BCUT2D eigenvalue weighted by atomic mass is 19.1. The van der Waals surface area contributed by atoms with E-state index >= 15 is 8.78 Å². The van der Waals surface area contributed by atoms with E-state index in [4.69, 9.17) is 48.4 Å². The number of ether oxygens (including phenoxy) is 9. The van der Waals surface area contributed by atoms with Gasteiger partial charge in [-0.3, -0.25) is 38.4 Å². The fraction of sp³-hybridized carbons (Fsp3) is 0.700. The van der Waals surface area contributed by atoms with Crippen LogP contribution in [0.25, 0.3) is 0 Å². The van der Waals surface area contributed by atoms with Crippen LogP contribution >= 0.6 is 0 Å². The SMILES string of the molecule is CCCC1OC2C[C@H]3[C@@H]4C[C@H](F)C5=CC(=O)C=C[C@]5(C)[C@@]4(F)[C@@H](O)C[C@]3(C)[C@]2(C(=O)COC(=O)[C@H](CC(C)C)NC(=O)[C@H](CO)NC(=O)OCc2ccc(NC(=O)[C@H](CCCNC(N)=O)NC(=O)[C@@H](NC(=O)[C@H](CCC(=O)O)NC(=O)CCOCCOCCOCCOCCNC(=O)OCC3[C@H]4CCC#CCC[C@@H]34)C(C)C)cc2)O1. The molecule has 1 aliphatic heterocycles. The molecule has 1 aromatic carbocycles. The Hall–Kier alpha value is -8.76. The number of anilines is 1. The summed E-state index contributed by atoms with van der Waals surface area (Å²) in [6, 6.07) is -2.16. The van der Waals surface area contributed by atoms with Gasteiger partial charge in [0.2, 0.25) is 35.3 Å². The molecular weight excluding hydrogens is 1510 g/mol. The normalized spacial score (nSPS) is 27.3. The monoisotopic (exact) mass is 1620 g/mol. The molecule has 0 bridgehead atoms. The average molecular weight is 1620 g/mol. The largest absolute Gasteiger partial charge is 0.481 e. The number of carboxylic acids is 1. The van der Waals surface area contributed by atoms with E-state index in [0.29, 0.717) is 62.5 Å². The molecule has 18 atom stereocenters. The van der Waals surface area contributed by atoms with Gasteiger partial charge < -0.3 is 106 Å². The molecule has 9 amide bonds. The zero-order valence-electron chi connectivity index (χ0n) is 66.5. The number of hydrogen-bond donors (Lipinski definition) is 12. The van der Waals surface area contributed by atoms with E-state index in [1.54, 1.807) is 34.6 Å². The van der Waals surface area contributed by atoms with Gasteiger partial charge in [-0.1, -0.05) is 66.2 Å². The molecule has 8 rings (SSSR count). The Morgan fingerprint density at radius 1 is 0.713 bits per heavy atom. The van der Waals surface area contributed by atoms with E-state index in [1.807, 2.05) is 6.92 Å². The Bertz CT molecular complexity index is 3690. The number of ketones is 2. The third kappa shape index (κ3) is 24.0. The maximum atomic E-state index is 18.1. The standard InChI is InChI=1S/C80H115F2N9O24/c1-8-14-67-114-64-40-54-55-39-57(81)56-38-50(93)24-26-77(56,6)79(55,82)62(94)41-78(54,7)80(64,115-67)63(95)45-111-73(103)60(37-46(2)3)89-71(101)61(42-92)90-76(106)112-43-48-18-20-49(21-19-48)86-69(99)58(17-13-27-84-74(83)104)88-72(102)68(47(4)5)91-70(100)59(22-23-66(97)98)87-65(96)25-29-107-31-33-109-35-36-110-34-32-108-30-28-85-75(105)113-44-53-51-15-11-9-10-12-16-52(51)53/h18-21,24,26,38,46-47,51-55,57-62,64,67-68,92,94H,8,11-17,22-23,25,27-37,39-45H2,1-7H3,(H,85,105)(H,86,99)(H,87,96)(H,88,102)(H,89,101)(H,90,106)(H,91,100)(H,97,98)(H3,83,84,104)/t51-,52+,53?,54-,55-,57-,58-,59-,60-,61-,62-,64?,67?,68-,77-,78-,79-,80+/m0/s1. The number of nitrogens with two attached hydrogens (primary N) is 1. The second-order valence-corrected chi connectivity index (χ2v) is 31.6. The lowest BCUT2D eigenvalue weighted by Crippen LogP contribution is -2.71. The molecule has 115 heavy (non-hydrogen) atoms. The first-order valence-electron chi connectivity index (χ1n) is 39.9. The molecule has 1 heterocycles. The lowest BCUT2D eigenvalue weighted by Gasteiger charge is -2.63. The Labute approximate surface area is 667 Å². The average Bonchev–Trinajstić information content (AvgIpc) is 1.57. The van der Waals surface area contributed by atoms with E-state index in [9.17, 15) is 72.9 Å². The lowest BCUT2D eigenvalue weighted by molar-refractivity contribution is -0.235. The number of nitrogens with one attached hydrogen (secondary N) is 8. The third-order valence-corrected chi connectivity index (χ3v) is 22.9. The minimum Gasteiger partial charge on any atom is -0.481 e. The molecule has 0 aromatic heterocycles. The topological polar surface area (TPSA) is 471 Å². The minimum atomic E-state index is -2.46. The summed E-state index contributed by atoms with van der Waals surface area (Å²) >= 11 is 0. The Balaban J connectivity index is 0.755. The van der Waals surface area contributed by atoms with E-state index in [-0.39, 0.29) is 108 Å². The highest BCUT2D eigenvalue weighted by molar-refractivity contribution is 6.02. The van der Waals surface area contributed by atoms with Crippen molar-refractivity contribution in [3.63, 3.8) is 0 Å². The van der Waals surface area contributed by atoms with Crippen LogP contribution in [-0.4, -0.2) is 238 Å². The Kier molecular flexibility index (Phi) is 34.2. The number of halogens is 2. The number of primary amides is 1. The van der Waals surface area contributed by atoms with Crippen LogP contribution < -0.4 is 48.3 Å². The molecule has 638 valence electrons. The number of alkyl carbamates (subject to hydrolysis) is 2.